The molecule has 84 valence electrons. The SMILES string of the molecule is Cc1cc(F)cc(C)c1-c1ccoc1CO. The van der Waals surface area contributed by atoms with E-state index in [1.165, 1.54) is 18.4 Å². The first kappa shape index (κ1) is 10.9. The Kier molecular flexibility index (Phi) is 2.79. The number of halogens is 1. The fraction of sp³-hybridized carbons (Fsp3) is 0.231. The fourth-order valence-electron chi connectivity index (χ4n) is 2.02. The number of hydrogen-bond acceptors (Lipinski definition) is 2. The Labute approximate surface area is 93.3 Å². The number of rotatable bonds is 2. The van der Waals surface area contributed by atoms with Gasteiger partial charge in [0, 0.05) is 5.56 Å². The molecule has 1 N–H and O–H groups in total. The van der Waals surface area contributed by atoms with E-state index in [9.17, 15) is 4.39 Å². The fourth-order valence-corrected chi connectivity index (χ4v) is 2.02. The van der Waals surface area contributed by atoms with E-state index in [-0.39, 0.29) is 12.4 Å². The van der Waals surface area contributed by atoms with Crippen molar-refractivity contribution in [3.63, 3.8) is 0 Å². The van der Waals surface area contributed by atoms with Crippen molar-refractivity contribution in [2.75, 3.05) is 0 Å². The molecular weight excluding hydrogens is 207 g/mol. The Morgan fingerprint density at radius 3 is 2.44 bits per heavy atom. The average molecular weight is 220 g/mol. The Hall–Kier alpha value is -1.61. The van der Waals surface area contributed by atoms with Crippen molar-refractivity contribution in [3.8, 4) is 11.1 Å². The molecule has 1 heterocycles. The lowest BCUT2D eigenvalue weighted by atomic mass is 9.96. The molecule has 0 fully saturated rings. The summed E-state index contributed by atoms with van der Waals surface area (Å²) in [6.45, 7) is 3.54. The molecule has 0 aliphatic rings. The molecule has 0 aliphatic heterocycles. The van der Waals surface area contributed by atoms with Crippen LogP contribution in [0.5, 0.6) is 0 Å². The minimum Gasteiger partial charge on any atom is -0.466 e. The van der Waals surface area contributed by atoms with Crippen LogP contribution in [0.4, 0.5) is 4.39 Å². The van der Waals surface area contributed by atoms with Crippen LogP contribution in [-0.4, -0.2) is 5.11 Å². The van der Waals surface area contributed by atoms with E-state index in [2.05, 4.69) is 0 Å². The van der Waals surface area contributed by atoms with Gasteiger partial charge >= 0.3 is 0 Å². The highest BCUT2D eigenvalue weighted by Gasteiger charge is 2.13. The van der Waals surface area contributed by atoms with E-state index in [4.69, 9.17) is 9.52 Å². The number of benzene rings is 1. The lowest BCUT2D eigenvalue weighted by Gasteiger charge is -2.09. The molecule has 0 amide bonds. The third kappa shape index (κ3) is 1.74. The predicted molar refractivity (Wildman–Crippen MR) is 59.5 cm³/mol. The second kappa shape index (κ2) is 4.10. The van der Waals surface area contributed by atoms with Crippen LogP contribution in [0.15, 0.2) is 28.9 Å². The summed E-state index contributed by atoms with van der Waals surface area (Å²) in [6.07, 6.45) is 1.53. The van der Waals surface area contributed by atoms with Crippen molar-refractivity contribution < 1.29 is 13.9 Å². The standard InChI is InChI=1S/C13H13FO2/c1-8-5-10(14)6-9(2)13(8)11-3-4-16-12(11)7-15/h3-6,15H,7H2,1-2H3. The molecule has 3 heteroatoms. The van der Waals surface area contributed by atoms with Gasteiger partial charge in [-0.1, -0.05) is 0 Å². The van der Waals surface area contributed by atoms with Gasteiger partial charge in [-0.25, -0.2) is 4.39 Å². The quantitative estimate of drug-likeness (QED) is 0.843. The molecule has 0 unspecified atom stereocenters. The van der Waals surface area contributed by atoms with Crippen molar-refractivity contribution in [2.45, 2.75) is 20.5 Å². The van der Waals surface area contributed by atoms with Crippen molar-refractivity contribution in [1.82, 2.24) is 0 Å². The Morgan fingerprint density at radius 2 is 1.88 bits per heavy atom. The molecule has 2 rings (SSSR count). The summed E-state index contributed by atoms with van der Waals surface area (Å²) in [4.78, 5) is 0. The molecule has 0 saturated carbocycles. The van der Waals surface area contributed by atoms with Crippen LogP contribution in [0.2, 0.25) is 0 Å². The van der Waals surface area contributed by atoms with Gasteiger partial charge in [0.2, 0.25) is 0 Å². The van der Waals surface area contributed by atoms with Gasteiger partial charge in [-0.2, -0.15) is 0 Å². The molecular formula is C13H13FO2. The topological polar surface area (TPSA) is 33.4 Å². The number of aliphatic hydroxyl groups excluding tert-OH is 1. The van der Waals surface area contributed by atoms with E-state index in [0.717, 1.165) is 22.3 Å². The first-order valence-corrected chi connectivity index (χ1v) is 5.08. The van der Waals surface area contributed by atoms with Gasteiger partial charge in [-0.3, -0.25) is 0 Å². The van der Waals surface area contributed by atoms with Crippen LogP contribution >= 0.6 is 0 Å². The van der Waals surface area contributed by atoms with Gasteiger partial charge in [0.25, 0.3) is 0 Å². The summed E-state index contributed by atoms with van der Waals surface area (Å²) in [7, 11) is 0. The molecule has 0 radical (unpaired) electrons. The van der Waals surface area contributed by atoms with Gasteiger partial charge in [-0.15, -0.1) is 0 Å². The molecule has 1 aromatic heterocycles. The molecule has 1 aromatic carbocycles. The van der Waals surface area contributed by atoms with Crippen molar-refractivity contribution in [3.05, 3.63) is 47.2 Å². The smallest absolute Gasteiger partial charge is 0.136 e. The molecule has 0 spiro atoms. The van der Waals surface area contributed by atoms with Crippen LogP contribution in [0.25, 0.3) is 11.1 Å². The normalized spacial score (nSPS) is 10.8. The van der Waals surface area contributed by atoms with Crippen LogP contribution in [0.3, 0.4) is 0 Å². The van der Waals surface area contributed by atoms with E-state index < -0.39 is 0 Å². The van der Waals surface area contributed by atoms with Gasteiger partial charge in [0.15, 0.2) is 0 Å². The summed E-state index contributed by atoms with van der Waals surface area (Å²) in [5.74, 6) is 0.269. The predicted octanol–water partition coefficient (Wildman–Crippen LogP) is 3.19. The van der Waals surface area contributed by atoms with Crippen LogP contribution in [-0.2, 0) is 6.61 Å². The number of hydrogen-bond donors (Lipinski definition) is 1. The van der Waals surface area contributed by atoms with Crippen molar-refractivity contribution in [1.29, 1.82) is 0 Å². The molecule has 0 aliphatic carbocycles. The van der Waals surface area contributed by atoms with E-state index in [1.54, 1.807) is 6.07 Å². The number of aryl methyl sites for hydroxylation is 2. The van der Waals surface area contributed by atoms with Gasteiger partial charge < -0.3 is 9.52 Å². The largest absolute Gasteiger partial charge is 0.466 e. The highest BCUT2D eigenvalue weighted by Crippen LogP contribution is 2.31. The van der Waals surface area contributed by atoms with Gasteiger partial charge in [0.1, 0.15) is 18.2 Å². The summed E-state index contributed by atoms with van der Waals surface area (Å²) in [6, 6.07) is 4.76. The molecule has 16 heavy (non-hydrogen) atoms. The molecule has 2 nitrogen and oxygen atoms in total. The third-order valence-corrected chi connectivity index (χ3v) is 2.66. The lowest BCUT2D eigenvalue weighted by Crippen LogP contribution is -1.92. The minimum atomic E-state index is -0.243. The molecule has 0 saturated heterocycles. The lowest BCUT2D eigenvalue weighted by molar-refractivity contribution is 0.248. The molecule has 2 aromatic rings. The van der Waals surface area contributed by atoms with Gasteiger partial charge in [0.05, 0.1) is 6.26 Å². The first-order valence-electron chi connectivity index (χ1n) is 5.08. The van der Waals surface area contributed by atoms with Crippen molar-refractivity contribution >= 4 is 0 Å². The first-order chi connectivity index (χ1) is 7.63. The highest BCUT2D eigenvalue weighted by atomic mass is 19.1. The van der Waals surface area contributed by atoms with Crippen LogP contribution < -0.4 is 0 Å². The number of aliphatic hydroxyl groups is 1. The zero-order chi connectivity index (χ0) is 11.7. The maximum absolute atomic E-state index is 13.2. The minimum absolute atomic E-state index is 0.154. The number of furan rings is 1. The Balaban J connectivity index is 2.64. The van der Waals surface area contributed by atoms with E-state index >= 15 is 0 Å². The molecule has 0 bridgehead atoms. The van der Waals surface area contributed by atoms with Crippen LogP contribution in [0, 0.1) is 19.7 Å². The Morgan fingerprint density at radius 1 is 1.25 bits per heavy atom. The van der Waals surface area contributed by atoms with Crippen molar-refractivity contribution in [2.24, 2.45) is 0 Å². The second-order valence-corrected chi connectivity index (χ2v) is 3.83. The third-order valence-electron chi connectivity index (χ3n) is 2.66. The zero-order valence-corrected chi connectivity index (χ0v) is 9.25. The summed E-state index contributed by atoms with van der Waals surface area (Å²) >= 11 is 0. The van der Waals surface area contributed by atoms with E-state index in [0.29, 0.717) is 5.76 Å². The summed E-state index contributed by atoms with van der Waals surface area (Å²) in [5, 5.41) is 9.14. The zero-order valence-electron chi connectivity index (χ0n) is 9.25. The average Bonchev–Trinajstić information content (AvgIpc) is 2.64. The van der Waals surface area contributed by atoms with Gasteiger partial charge in [-0.05, 0) is 48.7 Å². The van der Waals surface area contributed by atoms with Crippen LogP contribution in [0.1, 0.15) is 16.9 Å². The maximum atomic E-state index is 13.2. The summed E-state index contributed by atoms with van der Waals surface area (Å²) in [5.41, 5.74) is 3.44. The Bertz CT molecular complexity index is 491. The second-order valence-electron chi connectivity index (χ2n) is 3.83. The highest BCUT2D eigenvalue weighted by molar-refractivity contribution is 5.72. The molecule has 0 atom stereocenters. The monoisotopic (exact) mass is 220 g/mol. The van der Waals surface area contributed by atoms with E-state index in [1.807, 2.05) is 13.8 Å². The summed E-state index contributed by atoms with van der Waals surface area (Å²) < 4.78 is 18.3. The maximum Gasteiger partial charge on any atom is 0.136 e.